The van der Waals surface area contributed by atoms with E-state index in [9.17, 15) is 9.18 Å². The van der Waals surface area contributed by atoms with E-state index in [4.69, 9.17) is 4.74 Å². The third-order valence-electron chi connectivity index (χ3n) is 3.08. The lowest BCUT2D eigenvalue weighted by atomic mass is 9.93. The van der Waals surface area contributed by atoms with Crippen molar-refractivity contribution in [2.45, 2.75) is 32.8 Å². The quantitative estimate of drug-likeness (QED) is 0.895. The largest absolute Gasteiger partial charge is 0.444 e. The fraction of sp³-hybridized carbons (Fsp3) is 0.533. The number of hydrogen-bond acceptors (Lipinski definition) is 3. The van der Waals surface area contributed by atoms with Gasteiger partial charge in [-0.3, -0.25) is 5.32 Å². The topological polar surface area (TPSA) is 50.4 Å². The molecule has 0 saturated carbocycles. The van der Waals surface area contributed by atoms with Crippen molar-refractivity contribution in [3.05, 3.63) is 29.6 Å². The van der Waals surface area contributed by atoms with Gasteiger partial charge in [-0.15, -0.1) is 0 Å². The third-order valence-corrected chi connectivity index (χ3v) is 3.08. The van der Waals surface area contributed by atoms with Gasteiger partial charge in [0.15, 0.2) is 0 Å². The van der Waals surface area contributed by atoms with Crippen LogP contribution in [-0.2, 0) is 11.2 Å². The van der Waals surface area contributed by atoms with Gasteiger partial charge in [0.05, 0.1) is 0 Å². The van der Waals surface area contributed by atoms with E-state index in [0.29, 0.717) is 11.6 Å². The summed E-state index contributed by atoms with van der Waals surface area (Å²) >= 11 is 0. The van der Waals surface area contributed by atoms with Crippen molar-refractivity contribution >= 4 is 11.8 Å². The summed E-state index contributed by atoms with van der Waals surface area (Å²) in [6.45, 7) is 7.28. The first-order valence-electron chi connectivity index (χ1n) is 6.82. The maximum atomic E-state index is 13.4. The first-order chi connectivity index (χ1) is 9.33. The minimum absolute atomic E-state index is 0.290. The number of carbonyl (C=O) groups excluding carboxylic acids is 1. The summed E-state index contributed by atoms with van der Waals surface area (Å²) < 4.78 is 18.6. The molecule has 1 aliphatic rings. The van der Waals surface area contributed by atoms with Gasteiger partial charge in [-0.05, 0) is 70.0 Å². The first-order valence-corrected chi connectivity index (χ1v) is 6.82. The van der Waals surface area contributed by atoms with Gasteiger partial charge in [-0.1, -0.05) is 0 Å². The molecule has 110 valence electrons. The summed E-state index contributed by atoms with van der Waals surface area (Å²) in [6.07, 6.45) is 0.229. The third kappa shape index (κ3) is 4.20. The van der Waals surface area contributed by atoms with Crippen LogP contribution in [0, 0.1) is 11.7 Å². The Hall–Kier alpha value is -1.62. The molecule has 0 bridgehead atoms. The highest BCUT2D eigenvalue weighted by Crippen LogP contribution is 2.23. The minimum atomic E-state index is -0.553. The van der Waals surface area contributed by atoms with Crippen LogP contribution in [0.4, 0.5) is 14.9 Å². The number of rotatable bonds is 3. The maximum Gasteiger partial charge on any atom is 0.412 e. The molecule has 1 fully saturated rings. The number of anilines is 1. The Bertz CT molecular complexity index is 493. The number of carbonyl (C=O) groups is 1. The van der Waals surface area contributed by atoms with Gasteiger partial charge >= 0.3 is 6.09 Å². The smallest absolute Gasteiger partial charge is 0.412 e. The molecule has 0 unspecified atom stereocenters. The minimum Gasteiger partial charge on any atom is -0.444 e. The molecule has 0 aromatic heterocycles. The first kappa shape index (κ1) is 14.8. The van der Waals surface area contributed by atoms with Crippen LogP contribution >= 0.6 is 0 Å². The van der Waals surface area contributed by atoms with Crippen LogP contribution in [0.3, 0.4) is 0 Å². The van der Waals surface area contributed by atoms with Gasteiger partial charge in [0, 0.05) is 5.69 Å². The van der Waals surface area contributed by atoms with Crippen LogP contribution in [0.5, 0.6) is 0 Å². The van der Waals surface area contributed by atoms with E-state index in [1.807, 2.05) is 0 Å². The monoisotopic (exact) mass is 280 g/mol. The van der Waals surface area contributed by atoms with E-state index in [1.165, 1.54) is 12.1 Å². The predicted molar refractivity (Wildman–Crippen MR) is 76.3 cm³/mol. The lowest BCUT2D eigenvalue weighted by Crippen LogP contribution is -2.43. The normalized spacial score (nSPS) is 15.6. The van der Waals surface area contributed by atoms with E-state index >= 15 is 0 Å². The molecule has 4 nitrogen and oxygen atoms in total. The molecule has 2 rings (SSSR count). The highest BCUT2D eigenvalue weighted by molar-refractivity contribution is 5.86. The van der Waals surface area contributed by atoms with Gasteiger partial charge in [0.2, 0.25) is 0 Å². The number of ether oxygens (including phenoxy) is 1. The van der Waals surface area contributed by atoms with Gasteiger partial charge < -0.3 is 10.1 Å². The molecule has 20 heavy (non-hydrogen) atoms. The SMILES string of the molecule is CC(C)(C)OC(=O)Nc1ccc(F)cc1CC1CNC1. The number of hydrogen-bond donors (Lipinski definition) is 2. The molecule has 0 radical (unpaired) electrons. The van der Waals surface area contributed by atoms with E-state index in [2.05, 4.69) is 10.6 Å². The van der Waals surface area contributed by atoms with E-state index < -0.39 is 11.7 Å². The van der Waals surface area contributed by atoms with Crippen LogP contribution in [0.15, 0.2) is 18.2 Å². The molecule has 1 heterocycles. The molecule has 1 aromatic carbocycles. The predicted octanol–water partition coefficient (Wildman–Crippen LogP) is 2.93. The zero-order valence-electron chi connectivity index (χ0n) is 12.1. The summed E-state index contributed by atoms with van der Waals surface area (Å²) in [5, 5.41) is 5.88. The number of nitrogens with one attached hydrogen (secondary N) is 2. The number of halogens is 1. The summed E-state index contributed by atoms with van der Waals surface area (Å²) in [7, 11) is 0. The van der Waals surface area contributed by atoms with Crippen LogP contribution < -0.4 is 10.6 Å². The van der Waals surface area contributed by atoms with Crippen molar-refractivity contribution in [2.24, 2.45) is 5.92 Å². The molecular formula is C15H21FN2O2. The highest BCUT2D eigenvalue weighted by atomic mass is 19.1. The average molecular weight is 280 g/mol. The van der Waals surface area contributed by atoms with Crippen molar-refractivity contribution < 1.29 is 13.9 Å². The lowest BCUT2D eigenvalue weighted by molar-refractivity contribution is 0.0635. The highest BCUT2D eigenvalue weighted by Gasteiger charge is 2.21. The zero-order chi connectivity index (χ0) is 14.8. The Kier molecular flexibility index (Phi) is 4.28. The summed E-state index contributed by atoms with van der Waals surface area (Å²) in [4.78, 5) is 11.8. The molecule has 1 amide bonds. The number of benzene rings is 1. The Morgan fingerprint density at radius 3 is 2.70 bits per heavy atom. The summed E-state index contributed by atoms with van der Waals surface area (Å²) in [5.41, 5.74) is 0.872. The molecule has 0 aliphatic carbocycles. The standard InChI is InChI=1S/C15H21FN2O2/c1-15(2,3)20-14(19)18-13-5-4-12(16)7-11(13)6-10-8-17-9-10/h4-5,7,10,17H,6,8-9H2,1-3H3,(H,18,19). The van der Waals surface area contributed by atoms with Crippen molar-refractivity contribution in [2.75, 3.05) is 18.4 Å². The van der Waals surface area contributed by atoms with Gasteiger partial charge in [-0.25, -0.2) is 9.18 Å². The fourth-order valence-corrected chi connectivity index (χ4v) is 2.07. The number of amides is 1. The Balaban J connectivity index is 2.07. The molecule has 0 atom stereocenters. The van der Waals surface area contributed by atoms with Gasteiger partial charge in [0.25, 0.3) is 0 Å². The van der Waals surface area contributed by atoms with Crippen molar-refractivity contribution in [1.82, 2.24) is 5.32 Å². The van der Waals surface area contributed by atoms with Crippen LogP contribution in [0.25, 0.3) is 0 Å². The second-order valence-corrected chi connectivity index (χ2v) is 6.16. The van der Waals surface area contributed by atoms with Gasteiger partial charge in [-0.2, -0.15) is 0 Å². The Morgan fingerprint density at radius 2 is 2.15 bits per heavy atom. The van der Waals surface area contributed by atoms with E-state index in [0.717, 1.165) is 25.1 Å². The van der Waals surface area contributed by atoms with Crippen molar-refractivity contribution in [3.63, 3.8) is 0 Å². The summed E-state index contributed by atoms with van der Waals surface area (Å²) in [5.74, 6) is 0.206. The van der Waals surface area contributed by atoms with Crippen LogP contribution in [-0.4, -0.2) is 24.8 Å². The van der Waals surface area contributed by atoms with Crippen molar-refractivity contribution in [1.29, 1.82) is 0 Å². The van der Waals surface area contributed by atoms with Crippen LogP contribution in [0.2, 0.25) is 0 Å². The molecule has 2 N–H and O–H groups in total. The molecular weight excluding hydrogens is 259 g/mol. The fourth-order valence-electron chi connectivity index (χ4n) is 2.07. The van der Waals surface area contributed by atoms with Crippen LogP contribution in [0.1, 0.15) is 26.3 Å². The zero-order valence-corrected chi connectivity index (χ0v) is 12.1. The Labute approximate surface area is 118 Å². The second kappa shape index (κ2) is 5.79. The summed E-state index contributed by atoms with van der Waals surface area (Å²) in [6, 6.07) is 4.40. The molecule has 0 spiro atoms. The molecule has 1 saturated heterocycles. The van der Waals surface area contributed by atoms with Crippen molar-refractivity contribution in [3.8, 4) is 0 Å². The Morgan fingerprint density at radius 1 is 1.45 bits per heavy atom. The van der Waals surface area contributed by atoms with Gasteiger partial charge in [0.1, 0.15) is 11.4 Å². The molecule has 5 heteroatoms. The molecule has 1 aromatic rings. The second-order valence-electron chi connectivity index (χ2n) is 6.16. The van der Waals surface area contributed by atoms with E-state index in [1.54, 1.807) is 26.8 Å². The maximum absolute atomic E-state index is 13.4. The van der Waals surface area contributed by atoms with E-state index in [-0.39, 0.29) is 5.82 Å². The molecule has 1 aliphatic heterocycles. The average Bonchev–Trinajstić information content (AvgIpc) is 2.24. The lowest BCUT2D eigenvalue weighted by Gasteiger charge is -2.28.